The Balaban J connectivity index is 2.35. The molecular formula is C9H18N2O2S. The molecule has 82 valence electrons. The fraction of sp³-hybridized carbons (Fsp3) is 0.889. The molecule has 1 saturated carbocycles. The molecule has 14 heavy (non-hydrogen) atoms. The molecule has 4 nitrogen and oxygen atoms in total. The summed E-state index contributed by atoms with van der Waals surface area (Å²) in [6, 6.07) is 0.419. The van der Waals surface area contributed by atoms with Gasteiger partial charge in [-0.1, -0.05) is 0 Å². The Morgan fingerprint density at radius 1 is 1.57 bits per heavy atom. The van der Waals surface area contributed by atoms with Crippen molar-refractivity contribution < 1.29 is 9.00 Å². The van der Waals surface area contributed by atoms with Crippen molar-refractivity contribution in [1.82, 2.24) is 4.90 Å². The third kappa shape index (κ3) is 3.38. The highest BCUT2D eigenvalue weighted by atomic mass is 32.2. The predicted molar refractivity (Wildman–Crippen MR) is 57.3 cm³/mol. The van der Waals surface area contributed by atoms with Crippen LogP contribution in [0.5, 0.6) is 0 Å². The lowest BCUT2D eigenvalue weighted by Crippen LogP contribution is -2.36. The second-order valence-corrected chi connectivity index (χ2v) is 5.06. The molecule has 1 rings (SSSR count). The van der Waals surface area contributed by atoms with E-state index in [1.807, 2.05) is 11.8 Å². The van der Waals surface area contributed by atoms with Crippen LogP contribution in [0.3, 0.4) is 0 Å². The number of hydrogen-bond donors (Lipinski definition) is 1. The highest BCUT2D eigenvalue weighted by molar-refractivity contribution is 7.85. The molecule has 0 bridgehead atoms. The lowest BCUT2D eigenvalue weighted by Gasteiger charge is -2.19. The number of nitrogens with zero attached hydrogens (tertiary/aromatic N) is 1. The summed E-state index contributed by atoms with van der Waals surface area (Å²) >= 11 is 0. The van der Waals surface area contributed by atoms with Gasteiger partial charge in [0.15, 0.2) is 0 Å². The summed E-state index contributed by atoms with van der Waals surface area (Å²) in [5.41, 5.74) is 5.27. The van der Waals surface area contributed by atoms with Crippen molar-refractivity contribution in [3.63, 3.8) is 0 Å². The molecule has 2 N–H and O–H groups in total. The highest BCUT2D eigenvalue weighted by Gasteiger charge is 2.31. The summed E-state index contributed by atoms with van der Waals surface area (Å²) in [7, 11) is -1.08. The van der Waals surface area contributed by atoms with Crippen LogP contribution in [-0.2, 0) is 15.6 Å². The van der Waals surface area contributed by atoms with Gasteiger partial charge in [0.2, 0.25) is 5.91 Å². The van der Waals surface area contributed by atoms with E-state index in [0.29, 0.717) is 18.3 Å². The molecular weight excluding hydrogens is 200 g/mol. The first kappa shape index (κ1) is 11.7. The van der Waals surface area contributed by atoms with E-state index >= 15 is 0 Å². The van der Waals surface area contributed by atoms with Crippen LogP contribution >= 0.6 is 0 Å². The smallest absolute Gasteiger partial charge is 0.235 e. The fourth-order valence-corrected chi connectivity index (χ4v) is 2.30. The average molecular weight is 218 g/mol. The van der Waals surface area contributed by atoms with Gasteiger partial charge in [0.25, 0.3) is 0 Å². The zero-order chi connectivity index (χ0) is 10.6. The normalized spacial score (nSPS) is 17.9. The summed E-state index contributed by atoms with van der Waals surface area (Å²) < 4.78 is 11.3. The summed E-state index contributed by atoms with van der Waals surface area (Å²) in [4.78, 5) is 13.5. The molecule has 1 amide bonds. The average Bonchev–Trinajstić information content (AvgIpc) is 2.89. The van der Waals surface area contributed by atoms with E-state index in [9.17, 15) is 9.00 Å². The van der Waals surface area contributed by atoms with E-state index in [2.05, 4.69) is 0 Å². The van der Waals surface area contributed by atoms with Crippen LogP contribution in [0.4, 0.5) is 0 Å². The van der Waals surface area contributed by atoms with Gasteiger partial charge in [-0.05, 0) is 19.8 Å². The number of rotatable bonds is 6. The molecule has 0 aromatic carbocycles. The SMILES string of the molecule is CCN(C(=O)CS(=O)CCN)C1CC1. The van der Waals surface area contributed by atoms with E-state index in [0.717, 1.165) is 19.4 Å². The first-order chi connectivity index (χ1) is 6.69. The third-order valence-corrected chi connectivity index (χ3v) is 3.54. The maximum absolute atomic E-state index is 11.6. The second-order valence-electron chi connectivity index (χ2n) is 3.49. The Labute approximate surface area is 87.3 Å². The minimum absolute atomic E-state index is 0.0155. The topological polar surface area (TPSA) is 63.4 Å². The Morgan fingerprint density at radius 2 is 2.21 bits per heavy atom. The van der Waals surface area contributed by atoms with Crippen molar-refractivity contribution in [2.45, 2.75) is 25.8 Å². The quantitative estimate of drug-likeness (QED) is 0.666. The van der Waals surface area contributed by atoms with Gasteiger partial charge < -0.3 is 10.6 Å². The van der Waals surface area contributed by atoms with Crippen LogP contribution in [0, 0.1) is 0 Å². The molecule has 1 fully saturated rings. The van der Waals surface area contributed by atoms with Gasteiger partial charge in [-0.15, -0.1) is 0 Å². The third-order valence-electron chi connectivity index (χ3n) is 2.28. The van der Waals surface area contributed by atoms with E-state index in [-0.39, 0.29) is 11.7 Å². The summed E-state index contributed by atoms with van der Waals surface area (Å²) in [6.45, 7) is 3.07. The Hall–Kier alpha value is -0.420. The number of carbonyl (C=O) groups excluding carboxylic acids is 1. The van der Waals surface area contributed by atoms with Crippen LogP contribution in [0.25, 0.3) is 0 Å². The van der Waals surface area contributed by atoms with Crippen molar-refractivity contribution in [2.75, 3.05) is 24.6 Å². The van der Waals surface area contributed by atoms with Crippen LogP contribution in [-0.4, -0.2) is 45.7 Å². The summed E-state index contributed by atoms with van der Waals surface area (Å²) in [6.07, 6.45) is 2.20. The first-order valence-electron chi connectivity index (χ1n) is 5.03. The molecule has 1 unspecified atom stereocenters. The molecule has 0 spiro atoms. The van der Waals surface area contributed by atoms with Gasteiger partial charge in [-0.25, -0.2) is 0 Å². The van der Waals surface area contributed by atoms with Gasteiger partial charge in [-0.3, -0.25) is 9.00 Å². The van der Waals surface area contributed by atoms with Gasteiger partial charge in [0.05, 0.1) is 0 Å². The fourth-order valence-electron chi connectivity index (χ4n) is 1.45. The molecule has 0 heterocycles. The molecule has 1 atom stereocenters. The minimum atomic E-state index is -1.08. The summed E-state index contributed by atoms with van der Waals surface area (Å²) in [5.74, 6) is 0.581. The van der Waals surface area contributed by atoms with Gasteiger partial charge >= 0.3 is 0 Å². The molecule has 1 aliphatic carbocycles. The zero-order valence-corrected chi connectivity index (χ0v) is 9.39. The molecule has 0 aromatic heterocycles. The van der Waals surface area contributed by atoms with Gasteiger partial charge in [-0.2, -0.15) is 0 Å². The monoisotopic (exact) mass is 218 g/mol. The lowest BCUT2D eigenvalue weighted by atomic mass is 10.4. The number of amides is 1. The Morgan fingerprint density at radius 3 is 2.64 bits per heavy atom. The number of carbonyl (C=O) groups is 1. The summed E-state index contributed by atoms with van der Waals surface area (Å²) in [5, 5.41) is 0. The van der Waals surface area contributed by atoms with Gasteiger partial charge in [0, 0.05) is 35.7 Å². The maximum Gasteiger partial charge on any atom is 0.235 e. The standard InChI is InChI=1S/C9H18N2O2S/c1-2-11(8-3-4-8)9(12)7-14(13)6-5-10/h8H,2-7,10H2,1H3. The van der Waals surface area contributed by atoms with E-state index < -0.39 is 10.8 Å². The lowest BCUT2D eigenvalue weighted by molar-refractivity contribution is -0.128. The maximum atomic E-state index is 11.6. The van der Waals surface area contributed by atoms with Crippen molar-refractivity contribution >= 4 is 16.7 Å². The van der Waals surface area contributed by atoms with E-state index in [1.165, 1.54) is 0 Å². The molecule has 0 aliphatic heterocycles. The number of hydrogen-bond acceptors (Lipinski definition) is 3. The highest BCUT2D eigenvalue weighted by Crippen LogP contribution is 2.26. The van der Waals surface area contributed by atoms with Crippen molar-refractivity contribution in [2.24, 2.45) is 5.73 Å². The second kappa shape index (κ2) is 5.46. The van der Waals surface area contributed by atoms with E-state index in [4.69, 9.17) is 5.73 Å². The van der Waals surface area contributed by atoms with Crippen LogP contribution < -0.4 is 5.73 Å². The Kier molecular flexibility index (Phi) is 4.54. The van der Waals surface area contributed by atoms with Gasteiger partial charge in [0.1, 0.15) is 5.75 Å². The zero-order valence-electron chi connectivity index (χ0n) is 8.57. The molecule has 1 aliphatic rings. The molecule has 5 heteroatoms. The van der Waals surface area contributed by atoms with Crippen molar-refractivity contribution in [3.8, 4) is 0 Å². The Bertz CT molecular complexity index is 229. The molecule has 0 saturated heterocycles. The molecule has 0 aromatic rings. The van der Waals surface area contributed by atoms with Crippen LogP contribution in [0.15, 0.2) is 0 Å². The minimum Gasteiger partial charge on any atom is -0.339 e. The van der Waals surface area contributed by atoms with Crippen molar-refractivity contribution in [1.29, 1.82) is 0 Å². The molecule has 0 radical (unpaired) electrons. The van der Waals surface area contributed by atoms with Crippen molar-refractivity contribution in [3.05, 3.63) is 0 Å². The number of nitrogens with two attached hydrogens (primary N) is 1. The van der Waals surface area contributed by atoms with Crippen LogP contribution in [0.1, 0.15) is 19.8 Å². The first-order valence-corrected chi connectivity index (χ1v) is 6.52. The van der Waals surface area contributed by atoms with Crippen LogP contribution in [0.2, 0.25) is 0 Å². The predicted octanol–water partition coefficient (Wildman–Crippen LogP) is -0.295. The van der Waals surface area contributed by atoms with E-state index in [1.54, 1.807) is 0 Å². The largest absolute Gasteiger partial charge is 0.339 e.